The van der Waals surface area contributed by atoms with E-state index in [0.29, 0.717) is 11.3 Å². The molecule has 0 atom stereocenters. The Labute approximate surface area is 127 Å². The average Bonchev–Trinajstić information content (AvgIpc) is 2.23. The minimum Gasteiger partial charge on any atom is -0.544 e. The van der Waals surface area contributed by atoms with E-state index in [4.69, 9.17) is 13.3 Å². The van der Waals surface area contributed by atoms with Crippen LogP contribution in [0, 0.1) is 0 Å². The zero-order valence-electron chi connectivity index (χ0n) is 13.4. The Morgan fingerprint density at radius 2 is 1.52 bits per heavy atom. The van der Waals surface area contributed by atoms with Crippen LogP contribution in [0.25, 0.3) is 11.0 Å². The maximum absolute atomic E-state index is 11.7. The molecule has 2 aromatic rings. The van der Waals surface area contributed by atoms with Gasteiger partial charge >= 0.3 is 5.63 Å². The van der Waals surface area contributed by atoms with E-state index in [1.807, 2.05) is 12.1 Å². The third-order valence-corrected chi connectivity index (χ3v) is 4.20. The van der Waals surface area contributed by atoms with Gasteiger partial charge in [0.1, 0.15) is 17.1 Å². The van der Waals surface area contributed by atoms with Crippen molar-refractivity contribution in [3.05, 3.63) is 34.7 Å². The fourth-order valence-corrected chi connectivity index (χ4v) is 3.61. The van der Waals surface area contributed by atoms with E-state index in [9.17, 15) is 4.79 Å². The predicted octanol–water partition coefficient (Wildman–Crippen LogP) is 4.22. The molecular formula is C15H22O4Si2. The molecule has 4 nitrogen and oxygen atoms in total. The fraction of sp³-hybridized carbons (Fsp3) is 0.400. The van der Waals surface area contributed by atoms with Gasteiger partial charge < -0.3 is 13.3 Å². The minimum absolute atomic E-state index is 0.402. The van der Waals surface area contributed by atoms with Crippen molar-refractivity contribution < 1.29 is 13.3 Å². The summed E-state index contributed by atoms with van der Waals surface area (Å²) in [6.07, 6.45) is 0. The fourth-order valence-electron chi connectivity index (χ4n) is 1.94. The lowest BCUT2D eigenvalue weighted by Crippen LogP contribution is -2.30. The van der Waals surface area contributed by atoms with Crippen molar-refractivity contribution in [2.75, 3.05) is 0 Å². The Bertz CT molecular complexity index is 708. The maximum Gasteiger partial charge on any atom is 0.339 e. The normalized spacial score (nSPS) is 12.5. The van der Waals surface area contributed by atoms with Gasteiger partial charge in [-0.2, -0.15) is 0 Å². The topological polar surface area (TPSA) is 48.7 Å². The summed E-state index contributed by atoms with van der Waals surface area (Å²) in [4.78, 5) is 11.7. The Balaban J connectivity index is 2.51. The first-order chi connectivity index (χ1) is 9.53. The maximum atomic E-state index is 11.7. The minimum atomic E-state index is -1.79. The first-order valence-electron chi connectivity index (χ1n) is 6.99. The molecule has 0 amide bonds. The van der Waals surface area contributed by atoms with Gasteiger partial charge in [0, 0.05) is 6.07 Å². The van der Waals surface area contributed by atoms with Gasteiger partial charge in [-0.25, -0.2) is 4.79 Å². The Morgan fingerprint density at radius 3 is 2.10 bits per heavy atom. The summed E-state index contributed by atoms with van der Waals surface area (Å²) in [5.74, 6) is 1.33. The zero-order chi connectivity index (χ0) is 15.8. The molecule has 0 fully saturated rings. The van der Waals surface area contributed by atoms with Crippen LogP contribution in [0.15, 0.2) is 33.5 Å². The van der Waals surface area contributed by atoms with E-state index >= 15 is 0 Å². The van der Waals surface area contributed by atoms with Gasteiger partial charge in [0.15, 0.2) is 0 Å². The largest absolute Gasteiger partial charge is 0.544 e. The van der Waals surface area contributed by atoms with E-state index in [1.165, 1.54) is 6.07 Å². The van der Waals surface area contributed by atoms with Crippen molar-refractivity contribution in [2.24, 2.45) is 0 Å². The lowest BCUT2D eigenvalue weighted by Gasteiger charge is -2.21. The Hall–Kier alpha value is -1.54. The molecule has 0 spiro atoms. The third kappa shape index (κ3) is 4.47. The second-order valence-corrected chi connectivity index (χ2v) is 15.9. The van der Waals surface area contributed by atoms with E-state index in [1.54, 1.807) is 6.07 Å². The summed E-state index contributed by atoms with van der Waals surface area (Å²) in [5, 5.41) is 0.806. The van der Waals surface area contributed by atoms with Crippen molar-refractivity contribution in [3.8, 4) is 11.5 Å². The SMILES string of the molecule is C[Si](C)(C)Oc1ccc2c(O[Si](C)(C)C)cc(=O)oc2c1. The van der Waals surface area contributed by atoms with E-state index in [-0.39, 0.29) is 0 Å². The molecule has 0 aliphatic heterocycles. The van der Waals surface area contributed by atoms with Crippen LogP contribution in [-0.4, -0.2) is 16.6 Å². The van der Waals surface area contributed by atoms with Crippen molar-refractivity contribution in [1.82, 2.24) is 0 Å². The van der Waals surface area contributed by atoms with E-state index in [2.05, 4.69) is 39.3 Å². The third-order valence-electron chi connectivity index (χ3n) is 2.52. The summed E-state index contributed by atoms with van der Waals surface area (Å²) >= 11 is 0. The van der Waals surface area contributed by atoms with Crippen molar-refractivity contribution >= 4 is 27.6 Å². The summed E-state index contributed by atoms with van der Waals surface area (Å²) < 4.78 is 17.2. The highest BCUT2D eigenvalue weighted by Crippen LogP contribution is 2.29. The number of benzene rings is 1. The molecule has 0 bridgehead atoms. The number of hydrogen-bond donors (Lipinski definition) is 0. The van der Waals surface area contributed by atoms with Crippen LogP contribution < -0.4 is 14.5 Å². The highest BCUT2D eigenvalue weighted by atomic mass is 28.4. The van der Waals surface area contributed by atoms with Gasteiger partial charge in [-0.05, 0) is 51.4 Å². The molecule has 6 heteroatoms. The second kappa shape index (κ2) is 5.34. The van der Waals surface area contributed by atoms with Crippen LogP contribution in [0.3, 0.4) is 0 Å². The molecule has 2 rings (SSSR count). The summed E-state index contributed by atoms with van der Waals surface area (Å²) in [6, 6.07) is 6.98. The van der Waals surface area contributed by atoms with Crippen LogP contribution in [0.2, 0.25) is 39.3 Å². The molecule has 0 aliphatic rings. The Kier molecular flexibility index (Phi) is 4.03. The smallest absolute Gasteiger partial charge is 0.339 e. The van der Waals surface area contributed by atoms with Gasteiger partial charge in [-0.3, -0.25) is 0 Å². The van der Waals surface area contributed by atoms with E-state index in [0.717, 1.165) is 11.1 Å². The first kappa shape index (κ1) is 15.8. The molecule has 0 N–H and O–H groups in total. The molecular weight excluding hydrogens is 300 g/mol. The number of hydrogen-bond acceptors (Lipinski definition) is 4. The van der Waals surface area contributed by atoms with Crippen LogP contribution in [0.5, 0.6) is 11.5 Å². The number of rotatable bonds is 4. The van der Waals surface area contributed by atoms with Crippen molar-refractivity contribution in [1.29, 1.82) is 0 Å². The summed E-state index contributed by atoms with van der Waals surface area (Å²) in [7, 11) is -3.49. The molecule has 1 aromatic carbocycles. The molecule has 114 valence electrons. The second-order valence-electron chi connectivity index (χ2n) is 7.02. The van der Waals surface area contributed by atoms with Crippen molar-refractivity contribution in [2.45, 2.75) is 39.3 Å². The van der Waals surface area contributed by atoms with Gasteiger partial charge in [-0.1, -0.05) is 0 Å². The van der Waals surface area contributed by atoms with Crippen LogP contribution in [0.4, 0.5) is 0 Å². The quantitative estimate of drug-likeness (QED) is 0.624. The van der Waals surface area contributed by atoms with Gasteiger partial charge in [-0.15, -0.1) is 0 Å². The van der Waals surface area contributed by atoms with Crippen molar-refractivity contribution in [3.63, 3.8) is 0 Å². The summed E-state index contributed by atoms with van der Waals surface area (Å²) in [5.41, 5.74) is 0.104. The van der Waals surface area contributed by atoms with Gasteiger partial charge in [0.25, 0.3) is 0 Å². The standard InChI is InChI=1S/C15H22O4Si2/c1-20(2,3)18-11-7-8-12-13(9-11)17-15(16)10-14(12)19-21(4,5)6/h7-10H,1-6H3. The molecule has 0 saturated carbocycles. The number of fused-ring (bicyclic) bond motifs is 1. The Morgan fingerprint density at radius 1 is 0.905 bits per heavy atom. The monoisotopic (exact) mass is 322 g/mol. The molecule has 0 radical (unpaired) electrons. The molecule has 0 saturated heterocycles. The molecule has 0 unspecified atom stereocenters. The molecule has 21 heavy (non-hydrogen) atoms. The molecule has 1 aromatic heterocycles. The predicted molar refractivity (Wildman–Crippen MR) is 90.4 cm³/mol. The molecule has 0 aliphatic carbocycles. The molecule has 1 heterocycles. The van der Waals surface area contributed by atoms with Crippen LogP contribution in [-0.2, 0) is 0 Å². The average molecular weight is 323 g/mol. The summed E-state index contributed by atoms with van der Waals surface area (Å²) in [6.45, 7) is 12.6. The van der Waals surface area contributed by atoms with Crippen LogP contribution >= 0.6 is 0 Å². The lowest BCUT2D eigenvalue weighted by atomic mass is 10.2. The highest BCUT2D eigenvalue weighted by Gasteiger charge is 2.20. The van der Waals surface area contributed by atoms with E-state index < -0.39 is 22.3 Å². The van der Waals surface area contributed by atoms with Gasteiger partial charge in [0.2, 0.25) is 16.6 Å². The zero-order valence-corrected chi connectivity index (χ0v) is 15.4. The highest BCUT2D eigenvalue weighted by molar-refractivity contribution is 6.70. The van der Waals surface area contributed by atoms with Crippen LogP contribution in [0.1, 0.15) is 0 Å². The first-order valence-corrected chi connectivity index (χ1v) is 13.8. The van der Waals surface area contributed by atoms with Gasteiger partial charge in [0.05, 0.1) is 11.5 Å². The lowest BCUT2D eigenvalue weighted by molar-refractivity contribution is 0.521.